The molecule has 5 rings (SSSR count). The Balaban J connectivity index is 1.49. The fourth-order valence-electron chi connectivity index (χ4n) is 4.20. The Morgan fingerprint density at radius 2 is 1.66 bits per heavy atom. The average Bonchev–Trinajstić information content (AvgIpc) is 3.46. The van der Waals surface area contributed by atoms with Gasteiger partial charge in [0.2, 0.25) is 0 Å². The first-order chi connectivity index (χ1) is 15.8. The molecule has 3 heterocycles. The Morgan fingerprint density at radius 3 is 2.38 bits per heavy atom. The van der Waals surface area contributed by atoms with Crippen molar-refractivity contribution in [1.29, 1.82) is 0 Å². The minimum atomic E-state index is 0.0592. The van der Waals surface area contributed by atoms with Gasteiger partial charge in [-0.05, 0) is 52.1 Å². The van der Waals surface area contributed by atoms with Crippen molar-refractivity contribution >= 4 is 0 Å². The van der Waals surface area contributed by atoms with Gasteiger partial charge < -0.3 is 0 Å². The lowest BCUT2D eigenvalue weighted by Gasteiger charge is -2.09. The summed E-state index contributed by atoms with van der Waals surface area (Å²) in [5.74, 6) is 0.638. The molecule has 0 spiro atoms. The topological polar surface area (TPSA) is 80.3 Å². The number of H-pyrrole nitrogens is 1. The van der Waals surface area contributed by atoms with Gasteiger partial charge in [0.05, 0.1) is 0 Å². The highest BCUT2D eigenvalue weighted by Crippen LogP contribution is 2.30. The van der Waals surface area contributed by atoms with Crippen molar-refractivity contribution in [3.05, 3.63) is 100 Å². The summed E-state index contributed by atoms with van der Waals surface area (Å²) in [6.07, 6.45) is 7.45. The zero-order valence-electron chi connectivity index (χ0n) is 17.9. The molecule has 3 aromatic heterocycles. The molecule has 7 nitrogen and oxygen atoms in total. The summed E-state index contributed by atoms with van der Waals surface area (Å²) in [7, 11) is 0. The van der Waals surface area contributed by atoms with E-state index in [1.165, 1.54) is 0 Å². The highest BCUT2D eigenvalue weighted by molar-refractivity contribution is 5.80. The fraction of sp³-hybridized carbons (Fsp3) is 0.200. The third kappa shape index (κ3) is 3.62. The molecule has 5 aromatic rings. The molecule has 0 saturated heterocycles. The van der Waals surface area contributed by atoms with Crippen LogP contribution in [0.5, 0.6) is 0 Å². The monoisotopic (exact) mass is 424 g/mol. The van der Waals surface area contributed by atoms with Crippen molar-refractivity contribution in [2.24, 2.45) is 0 Å². The molecule has 1 N–H and O–H groups in total. The number of unbranched alkanes of at least 4 members (excludes halogenated alkanes) is 1. The SMILES string of the molecule is CCCCc1c(Cc2ccc(-c3ccccc3-c3nnn[nH]3)cc2)c(=O)n2ccccn12. The number of hydrogen-bond donors (Lipinski definition) is 1. The van der Waals surface area contributed by atoms with E-state index in [1.54, 1.807) is 4.52 Å². The smallest absolute Gasteiger partial charge is 0.267 e. The summed E-state index contributed by atoms with van der Waals surface area (Å²) in [5.41, 5.74) is 6.22. The predicted molar refractivity (Wildman–Crippen MR) is 124 cm³/mol. The average molecular weight is 425 g/mol. The normalized spacial score (nSPS) is 11.3. The second-order valence-electron chi connectivity index (χ2n) is 7.88. The van der Waals surface area contributed by atoms with Crippen molar-refractivity contribution in [2.45, 2.75) is 32.6 Å². The summed E-state index contributed by atoms with van der Waals surface area (Å²) in [4.78, 5) is 13.1. The number of rotatable bonds is 7. The number of nitrogens with zero attached hydrogens (tertiary/aromatic N) is 5. The molecule has 0 saturated carbocycles. The number of fused-ring (bicyclic) bond motifs is 1. The Hall–Kier alpha value is -4.00. The summed E-state index contributed by atoms with van der Waals surface area (Å²) < 4.78 is 3.69. The van der Waals surface area contributed by atoms with E-state index in [9.17, 15) is 4.79 Å². The van der Waals surface area contributed by atoms with Gasteiger partial charge in [-0.25, -0.2) is 9.61 Å². The number of nitrogens with one attached hydrogen (secondary N) is 1. The molecule has 160 valence electrons. The number of hydrogen-bond acceptors (Lipinski definition) is 4. The Labute approximate surface area is 185 Å². The summed E-state index contributed by atoms with van der Waals surface area (Å²) in [6, 6.07) is 20.3. The van der Waals surface area contributed by atoms with Crippen LogP contribution in [0.3, 0.4) is 0 Å². The van der Waals surface area contributed by atoms with Gasteiger partial charge in [-0.2, -0.15) is 0 Å². The first kappa shape index (κ1) is 19.9. The van der Waals surface area contributed by atoms with Crippen LogP contribution in [0.4, 0.5) is 0 Å². The standard InChI is InChI=1S/C25H24N6O/c1-2-3-10-23-22(25(32)31-16-7-6-15-30(23)31)17-18-11-13-19(14-12-18)20-8-4-5-9-21(20)24-26-28-29-27-24/h4-9,11-16H,2-3,10,17H2,1H3,(H,26,27,28,29). The second-order valence-corrected chi connectivity index (χ2v) is 7.88. The van der Waals surface area contributed by atoms with Crippen LogP contribution in [0, 0.1) is 0 Å². The molecular weight excluding hydrogens is 400 g/mol. The van der Waals surface area contributed by atoms with Crippen molar-refractivity contribution in [3.63, 3.8) is 0 Å². The molecule has 2 aromatic carbocycles. The maximum atomic E-state index is 13.1. The van der Waals surface area contributed by atoms with Crippen LogP contribution >= 0.6 is 0 Å². The highest BCUT2D eigenvalue weighted by atomic mass is 16.1. The molecule has 0 aliphatic carbocycles. The second kappa shape index (κ2) is 8.63. The van der Waals surface area contributed by atoms with E-state index in [2.05, 4.69) is 57.9 Å². The quantitative estimate of drug-likeness (QED) is 0.425. The lowest BCUT2D eigenvalue weighted by molar-refractivity contribution is 0.707. The van der Waals surface area contributed by atoms with Crippen LogP contribution in [0.15, 0.2) is 77.9 Å². The van der Waals surface area contributed by atoms with Gasteiger partial charge in [-0.15, -0.1) is 5.10 Å². The number of aromatic nitrogens is 6. The van der Waals surface area contributed by atoms with Gasteiger partial charge in [0, 0.05) is 35.6 Å². The third-order valence-electron chi connectivity index (χ3n) is 5.83. The van der Waals surface area contributed by atoms with Gasteiger partial charge in [-0.3, -0.25) is 9.31 Å². The van der Waals surface area contributed by atoms with Gasteiger partial charge in [-0.1, -0.05) is 61.9 Å². The minimum absolute atomic E-state index is 0.0592. The molecule has 0 amide bonds. The number of aromatic amines is 1. The number of aryl methyl sites for hydroxylation is 1. The first-order valence-electron chi connectivity index (χ1n) is 10.9. The molecule has 32 heavy (non-hydrogen) atoms. The van der Waals surface area contributed by atoms with E-state index >= 15 is 0 Å². The van der Waals surface area contributed by atoms with Crippen molar-refractivity contribution in [2.75, 3.05) is 0 Å². The molecule has 7 heteroatoms. The maximum absolute atomic E-state index is 13.1. The van der Waals surface area contributed by atoms with Crippen LogP contribution < -0.4 is 5.56 Å². The van der Waals surface area contributed by atoms with E-state index in [-0.39, 0.29) is 5.56 Å². The van der Waals surface area contributed by atoms with Gasteiger partial charge in [0.1, 0.15) is 0 Å². The summed E-state index contributed by atoms with van der Waals surface area (Å²) >= 11 is 0. The highest BCUT2D eigenvalue weighted by Gasteiger charge is 2.16. The maximum Gasteiger partial charge on any atom is 0.274 e. The van der Waals surface area contributed by atoms with Crippen LogP contribution in [0.1, 0.15) is 36.6 Å². The molecule has 0 atom stereocenters. The molecule has 0 radical (unpaired) electrons. The van der Waals surface area contributed by atoms with Gasteiger partial charge >= 0.3 is 0 Å². The lowest BCUT2D eigenvalue weighted by Crippen LogP contribution is -2.13. The van der Waals surface area contributed by atoms with E-state index in [4.69, 9.17) is 0 Å². The van der Waals surface area contributed by atoms with Crippen molar-refractivity contribution in [3.8, 4) is 22.5 Å². The van der Waals surface area contributed by atoms with E-state index in [0.717, 1.165) is 52.8 Å². The Morgan fingerprint density at radius 1 is 0.906 bits per heavy atom. The zero-order chi connectivity index (χ0) is 21.9. The van der Waals surface area contributed by atoms with Crippen LogP contribution in [-0.4, -0.2) is 29.7 Å². The molecule has 0 unspecified atom stereocenters. The Bertz CT molecular complexity index is 1400. The molecule has 0 bridgehead atoms. The zero-order valence-corrected chi connectivity index (χ0v) is 17.9. The fourth-order valence-corrected chi connectivity index (χ4v) is 4.20. The molecule has 0 aliphatic rings. The first-order valence-corrected chi connectivity index (χ1v) is 10.9. The van der Waals surface area contributed by atoms with Crippen LogP contribution in [0.2, 0.25) is 0 Å². The van der Waals surface area contributed by atoms with Crippen molar-refractivity contribution < 1.29 is 0 Å². The van der Waals surface area contributed by atoms with Crippen LogP contribution in [-0.2, 0) is 12.8 Å². The van der Waals surface area contributed by atoms with E-state index < -0.39 is 0 Å². The summed E-state index contributed by atoms with van der Waals surface area (Å²) in [6.45, 7) is 2.17. The lowest BCUT2D eigenvalue weighted by atomic mass is 9.96. The van der Waals surface area contributed by atoms with E-state index in [1.807, 2.05) is 47.2 Å². The Kier molecular flexibility index (Phi) is 5.37. The number of tetrazole rings is 1. The summed E-state index contributed by atoms with van der Waals surface area (Å²) in [5, 5.41) is 14.3. The van der Waals surface area contributed by atoms with Crippen LogP contribution in [0.25, 0.3) is 22.5 Å². The molecule has 0 aliphatic heterocycles. The number of benzene rings is 2. The minimum Gasteiger partial charge on any atom is -0.267 e. The van der Waals surface area contributed by atoms with E-state index in [0.29, 0.717) is 12.2 Å². The predicted octanol–water partition coefficient (Wildman–Crippen LogP) is 4.18. The third-order valence-corrected chi connectivity index (χ3v) is 5.83. The largest absolute Gasteiger partial charge is 0.274 e. The molecule has 0 fully saturated rings. The van der Waals surface area contributed by atoms with Gasteiger partial charge in [0.25, 0.3) is 5.56 Å². The van der Waals surface area contributed by atoms with Crippen molar-refractivity contribution in [1.82, 2.24) is 29.7 Å². The van der Waals surface area contributed by atoms with Gasteiger partial charge in [0.15, 0.2) is 5.82 Å². The molecular formula is C25H24N6O.